The van der Waals surface area contributed by atoms with Crippen LogP contribution in [0.4, 0.5) is 13.2 Å². The fraction of sp³-hybridized carbons (Fsp3) is 0.478. The van der Waals surface area contributed by atoms with Gasteiger partial charge in [0.25, 0.3) is 0 Å². The van der Waals surface area contributed by atoms with E-state index >= 15 is 0 Å². The third-order valence-corrected chi connectivity index (χ3v) is 6.08. The highest BCUT2D eigenvalue weighted by molar-refractivity contribution is 5.65. The predicted octanol–water partition coefficient (Wildman–Crippen LogP) is 4.07. The number of likely N-dealkylation sites (N-methyl/N-ethyl adjacent to an activating group) is 1. The summed E-state index contributed by atoms with van der Waals surface area (Å²) in [5.74, 6) is 0.512. The number of piperazine rings is 1. The van der Waals surface area contributed by atoms with Crippen molar-refractivity contribution in [1.29, 1.82) is 0 Å². The van der Waals surface area contributed by atoms with Crippen molar-refractivity contribution in [3.63, 3.8) is 0 Å². The monoisotopic (exact) mass is 403 g/mol. The van der Waals surface area contributed by atoms with Crippen LogP contribution >= 0.6 is 0 Å². The highest BCUT2D eigenvalue weighted by atomic mass is 19.4. The fourth-order valence-corrected chi connectivity index (χ4v) is 4.07. The second kappa shape index (κ2) is 8.46. The van der Waals surface area contributed by atoms with E-state index in [0.29, 0.717) is 17.5 Å². The van der Waals surface area contributed by atoms with Gasteiger partial charge in [0, 0.05) is 51.2 Å². The molecule has 0 unspecified atom stereocenters. The van der Waals surface area contributed by atoms with Crippen LogP contribution in [0.1, 0.15) is 23.5 Å². The molecule has 2 atom stereocenters. The van der Waals surface area contributed by atoms with Crippen LogP contribution in [0.5, 0.6) is 0 Å². The molecule has 0 spiro atoms. The Morgan fingerprint density at radius 3 is 2.38 bits per heavy atom. The second-order valence-corrected chi connectivity index (χ2v) is 8.25. The first-order valence-electron chi connectivity index (χ1n) is 10.3. The summed E-state index contributed by atoms with van der Waals surface area (Å²) in [7, 11) is 2.17. The summed E-state index contributed by atoms with van der Waals surface area (Å²) in [4.78, 5) is 4.87. The molecule has 1 saturated heterocycles. The first-order chi connectivity index (χ1) is 13.9. The van der Waals surface area contributed by atoms with Crippen molar-refractivity contribution >= 4 is 0 Å². The van der Waals surface area contributed by atoms with Crippen molar-refractivity contribution in [2.24, 2.45) is 0 Å². The minimum Gasteiger partial charge on any atom is -0.312 e. The van der Waals surface area contributed by atoms with E-state index in [4.69, 9.17) is 0 Å². The van der Waals surface area contributed by atoms with Gasteiger partial charge < -0.3 is 10.2 Å². The molecule has 0 aromatic heterocycles. The van der Waals surface area contributed by atoms with Crippen molar-refractivity contribution in [2.75, 3.05) is 46.3 Å². The lowest BCUT2D eigenvalue weighted by Crippen LogP contribution is -2.46. The maximum Gasteiger partial charge on any atom is 0.416 e. The van der Waals surface area contributed by atoms with Crippen LogP contribution in [0.15, 0.2) is 48.5 Å². The third-order valence-electron chi connectivity index (χ3n) is 6.08. The van der Waals surface area contributed by atoms with E-state index in [1.807, 2.05) is 12.1 Å². The zero-order chi connectivity index (χ0) is 20.4. The largest absolute Gasteiger partial charge is 0.416 e. The molecule has 2 aliphatic rings. The number of rotatable bonds is 6. The van der Waals surface area contributed by atoms with Gasteiger partial charge in [0.2, 0.25) is 0 Å². The number of halogens is 3. The van der Waals surface area contributed by atoms with E-state index in [-0.39, 0.29) is 0 Å². The number of hydrogen-bond donors (Lipinski definition) is 1. The van der Waals surface area contributed by atoms with Crippen LogP contribution in [0.3, 0.4) is 0 Å². The number of nitrogens with zero attached hydrogens (tertiary/aromatic N) is 2. The Hall–Kier alpha value is -1.89. The van der Waals surface area contributed by atoms with Crippen molar-refractivity contribution < 1.29 is 13.2 Å². The Morgan fingerprint density at radius 2 is 1.69 bits per heavy atom. The van der Waals surface area contributed by atoms with Gasteiger partial charge in [0.05, 0.1) is 5.56 Å². The van der Waals surface area contributed by atoms with Gasteiger partial charge in [-0.25, -0.2) is 0 Å². The second-order valence-electron chi connectivity index (χ2n) is 8.25. The van der Waals surface area contributed by atoms with Crippen molar-refractivity contribution in [1.82, 2.24) is 15.1 Å². The molecule has 1 aliphatic heterocycles. The lowest BCUT2D eigenvalue weighted by molar-refractivity contribution is -0.137. The van der Waals surface area contributed by atoms with Crippen LogP contribution in [0.2, 0.25) is 0 Å². The molecule has 0 radical (unpaired) electrons. The lowest BCUT2D eigenvalue weighted by Gasteiger charge is -2.32. The topological polar surface area (TPSA) is 18.5 Å². The summed E-state index contributed by atoms with van der Waals surface area (Å²) in [6.45, 7) is 6.67. The highest BCUT2D eigenvalue weighted by Crippen LogP contribution is 2.41. The molecule has 0 amide bonds. The molecule has 2 aromatic rings. The van der Waals surface area contributed by atoms with Crippen LogP contribution in [0.25, 0.3) is 11.1 Å². The molecule has 156 valence electrons. The van der Waals surface area contributed by atoms with Gasteiger partial charge in [-0.05, 0) is 42.3 Å². The van der Waals surface area contributed by atoms with Gasteiger partial charge in [-0.15, -0.1) is 0 Å². The van der Waals surface area contributed by atoms with Crippen LogP contribution in [0, 0.1) is 0 Å². The zero-order valence-corrected chi connectivity index (χ0v) is 16.8. The van der Waals surface area contributed by atoms with E-state index < -0.39 is 11.7 Å². The van der Waals surface area contributed by atoms with Crippen molar-refractivity contribution in [3.05, 3.63) is 59.7 Å². The van der Waals surface area contributed by atoms with E-state index in [9.17, 15) is 13.2 Å². The Kier molecular flexibility index (Phi) is 5.95. The van der Waals surface area contributed by atoms with E-state index in [2.05, 4.69) is 34.3 Å². The predicted molar refractivity (Wildman–Crippen MR) is 110 cm³/mol. The molecule has 1 heterocycles. The summed E-state index contributed by atoms with van der Waals surface area (Å²) >= 11 is 0. The minimum atomic E-state index is -4.31. The number of benzene rings is 2. The molecule has 6 heteroatoms. The Balaban J connectivity index is 1.28. The van der Waals surface area contributed by atoms with Crippen LogP contribution in [-0.2, 0) is 6.18 Å². The molecule has 4 rings (SSSR count). The molecule has 1 N–H and O–H groups in total. The first-order valence-corrected chi connectivity index (χ1v) is 10.3. The molecule has 3 nitrogen and oxygen atoms in total. The van der Waals surface area contributed by atoms with Gasteiger partial charge in [-0.2, -0.15) is 13.2 Å². The number of alkyl halides is 3. The Labute approximate surface area is 170 Å². The normalized spacial score (nSPS) is 23.3. The average molecular weight is 403 g/mol. The maximum absolute atomic E-state index is 12.9. The molecular formula is C23H28F3N3. The third kappa shape index (κ3) is 5.18. The van der Waals surface area contributed by atoms with E-state index in [1.165, 1.54) is 17.7 Å². The maximum atomic E-state index is 12.9. The van der Waals surface area contributed by atoms with Gasteiger partial charge >= 0.3 is 6.18 Å². The molecular weight excluding hydrogens is 375 g/mol. The van der Waals surface area contributed by atoms with Crippen LogP contribution in [-0.4, -0.2) is 62.2 Å². The van der Waals surface area contributed by atoms with Crippen LogP contribution < -0.4 is 5.32 Å². The van der Waals surface area contributed by atoms with Gasteiger partial charge in [0.15, 0.2) is 0 Å². The highest BCUT2D eigenvalue weighted by Gasteiger charge is 2.37. The molecule has 1 aliphatic carbocycles. The summed E-state index contributed by atoms with van der Waals surface area (Å²) in [6.07, 6.45) is -3.18. The SMILES string of the molecule is CN1CCN(CCN[C@@H]2C[C@H]2c2ccc(-c3cccc(C(F)(F)F)c3)cc2)CC1. The average Bonchev–Trinajstić information content (AvgIpc) is 3.49. The zero-order valence-electron chi connectivity index (χ0n) is 16.8. The first kappa shape index (κ1) is 20.4. The fourth-order valence-electron chi connectivity index (χ4n) is 4.07. The molecule has 2 fully saturated rings. The summed E-state index contributed by atoms with van der Waals surface area (Å²) in [5, 5.41) is 3.65. The molecule has 29 heavy (non-hydrogen) atoms. The van der Waals surface area contributed by atoms with Gasteiger partial charge in [-0.1, -0.05) is 36.4 Å². The minimum absolute atomic E-state index is 0.512. The standard InChI is InChI=1S/C23H28F3N3/c1-28-11-13-29(14-12-28)10-9-27-22-16-21(22)18-7-5-17(6-8-18)19-3-2-4-20(15-19)23(24,25)26/h2-8,15,21-22,27H,9-14,16H2,1H3/t21-,22+/m0/s1. The van der Waals surface area contributed by atoms with E-state index in [1.54, 1.807) is 6.07 Å². The van der Waals surface area contributed by atoms with Crippen molar-refractivity contribution in [2.45, 2.75) is 24.6 Å². The van der Waals surface area contributed by atoms with Gasteiger partial charge in [0.1, 0.15) is 0 Å². The number of hydrogen-bond acceptors (Lipinski definition) is 3. The molecule has 1 saturated carbocycles. The Bertz CT molecular complexity index is 811. The molecule has 0 bridgehead atoms. The summed E-state index contributed by atoms with van der Waals surface area (Å²) in [5.41, 5.74) is 2.08. The summed E-state index contributed by atoms with van der Waals surface area (Å²) in [6, 6.07) is 14.0. The van der Waals surface area contributed by atoms with E-state index in [0.717, 1.165) is 57.3 Å². The van der Waals surface area contributed by atoms with Gasteiger partial charge in [-0.3, -0.25) is 4.90 Å². The summed E-state index contributed by atoms with van der Waals surface area (Å²) < 4.78 is 38.8. The van der Waals surface area contributed by atoms with Crippen molar-refractivity contribution in [3.8, 4) is 11.1 Å². The Morgan fingerprint density at radius 1 is 0.966 bits per heavy atom. The lowest BCUT2D eigenvalue weighted by atomic mass is 10.0. The smallest absolute Gasteiger partial charge is 0.312 e. The quantitative estimate of drug-likeness (QED) is 0.785. The number of nitrogens with one attached hydrogen (secondary N) is 1. The molecule has 2 aromatic carbocycles.